The number of rotatable bonds is 2. The Morgan fingerprint density at radius 1 is 1.30 bits per heavy atom. The SMILES string of the molecule is CC(=O)c1ccc(-c2nc3cc(=O)[nH]n3c(=S)[nH]2)cc1. The number of carbonyl (C=O) groups is 1. The van der Waals surface area contributed by atoms with Gasteiger partial charge in [-0.05, 0) is 19.1 Å². The predicted octanol–water partition coefficient (Wildman–Crippen LogP) is 1.95. The maximum atomic E-state index is 11.3. The van der Waals surface area contributed by atoms with Gasteiger partial charge in [-0.3, -0.25) is 14.7 Å². The number of hydrogen-bond donors (Lipinski definition) is 2. The number of aromatic amines is 2. The molecular formula is C13H10N4O2S. The number of nitrogens with zero attached hydrogens (tertiary/aromatic N) is 2. The van der Waals surface area contributed by atoms with Crippen molar-refractivity contribution in [2.75, 3.05) is 0 Å². The summed E-state index contributed by atoms with van der Waals surface area (Å²) in [6, 6.07) is 8.39. The van der Waals surface area contributed by atoms with Gasteiger partial charge in [-0.2, -0.15) is 0 Å². The minimum Gasteiger partial charge on any atom is -0.315 e. The first-order valence-corrected chi connectivity index (χ1v) is 6.29. The summed E-state index contributed by atoms with van der Waals surface area (Å²) in [4.78, 5) is 29.8. The Hall–Kier alpha value is -2.54. The van der Waals surface area contributed by atoms with E-state index in [1.165, 1.54) is 17.5 Å². The monoisotopic (exact) mass is 286 g/mol. The number of benzene rings is 1. The van der Waals surface area contributed by atoms with E-state index in [0.29, 0.717) is 21.8 Å². The van der Waals surface area contributed by atoms with Crippen molar-refractivity contribution >= 4 is 23.6 Å². The standard InChI is InChI=1S/C13H10N4O2S/c1-7(18)8-2-4-9(5-3-8)12-14-10-6-11(19)16-17(10)13(20)15-12/h2-6H,1H3,(H,16,19)(H,14,15,20). The van der Waals surface area contributed by atoms with E-state index in [9.17, 15) is 9.59 Å². The third kappa shape index (κ3) is 2.08. The van der Waals surface area contributed by atoms with Gasteiger partial charge in [0.05, 0.1) is 0 Å². The van der Waals surface area contributed by atoms with Gasteiger partial charge < -0.3 is 4.98 Å². The molecule has 0 aliphatic rings. The topological polar surface area (TPSA) is 83.0 Å². The van der Waals surface area contributed by atoms with E-state index in [1.807, 2.05) is 0 Å². The Morgan fingerprint density at radius 2 is 2.00 bits per heavy atom. The van der Waals surface area contributed by atoms with E-state index in [2.05, 4.69) is 15.1 Å². The normalized spacial score (nSPS) is 10.8. The van der Waals surface area contributed by atoms with E-state index in [4.69, 9.17) is 12.2 Å². The number of ketones is 1. The lowest BCUT2D eigenvalue weighted by molar-refractivity contribution is 0.101. The lowest BCUT2D eigenvalue weighted by atomic mass is 10.1. The fraction of sp³-hybridized carbons (Fsp3) is 0.0769. The van der Waals surface area contributed by atoms with Gasteiger partial charge in [0.2, 0.25) is 0 Å². The first-order valence-electron chi connectivity index (χ1n) is 5.88. The van der Waals surface area contributed by atoms with Gasteiger partial charge in [-0.25, -0.2) is 9.50 Å². The highest BCUT2D eigenvalue weighted by Crippen LogP contribution is 2.16. The zero-order valence-electron chi connectivity index (χ0n) is 10.5. The first kappa shape index (κ1) is 12.5. The van der Waals surface area contributed by atoms with Crippen LogP contribution in [0, 0.1) is 4.77 Å². The highest BCUT2D eigenvalue weighted by Gasteiger charge is 2.06. The Labute approximate surface area is 118 Å². The van der Waals surface area contributed by atoms with Crippen LogP contribution in [-0.4, -0.2) is 25.4 Å². The van der Waals surface area contributed by atoms with Crippen LogP contribution in [0.5, 0.6) is 0 Å². The van der Waals surface area contributed by atoms with Crippen molar-refractivity contribution in [1.82, 2.24) is 19.6 Å². The molecule has 0 amide bonds. The Morgan fingerprint density at radius 3 is 2.65 bits per heavy atom. The van der Waals surface area contributed by atoms with Gasteiger partial charge in [-0.1, -0.05) is 24.3 Å². The molecule has 0 unspecified atom stereocenters. The van der Waals surface area contributed by atoms with Gasteiger partial charge in [0, 0.05) is 17.2 Å². The Bertz CT molecular complexity index is 918. The lowest BCUT2D eigenvalue weighted by Gasteiger charge is -2.03. The van der Waals surface area contributed by atoms with Crippen molar-refractivity contribution in [2.45, 2.75) is 6.92 Å². The molecule has 0 bridgehead atoms. The highest BCUT2D eigenvalue weighted by atomic mass is 32.1. The molecule has 0 aliphatic carbocycles. The molecule has 0 spiro atoms. The van der Waals surface area contributed by atoms with Crippen LogP contribution in [0.1, 0.15) is 17.3 Å². The molecule has 6 nitrogen and oxygen atoms in total. The molecular weight excluding hydrogens is 276 g/mol. The zero-order chi connectivity index (χ0) is 14.3. The molecule has 2 N–H and O–H groups in total. The molecule has 0 aliphatic heterocycles. The molecule has 0 atom stereocenters. The molecule has 7 heteroatoms. The van der Waals surface area contributed by atoms with Crippen LogP contribution < -0.4 is 5.56 Å². The molecule has 0 fully saturated rings. The summed E-state index contributed by atoms with van der Waals surface area (Å²) in [5.41, 5.74) is 1.61. The van der Waals surface area contributed by atoms with Gasteiger partial charge in [-0.15, -0.1) is 0 Å². The van der Waals surface area contributed by atoms with Crippen molar-refractivity contribution < 1.29 is 4.79 Å². The van der Waals surface area contributed by atoms with Gasteiger partial charge >= 0.3 is 0 Å². The Balaban J connectivity index is 2.16. The molecule has 20 heavy (non-hydrogen) atoms. The van der Waals surface area contributed by atoms with Crippen molar-refractivity contribution in [3.8, 4) is 11.4 Å². The van der Waals surface area contributed by atoms with E-state index in [-0.39, 0.29) is 11.3 Å². The van der Waals surface area contributed by atoms with E-state index < -0.39 is 0 Å². The van der Waals surface area contributed by atoms with Gasteiger partial charge in [0.25, 0.3) is 5.56 Å². The number of carbonyl (C=O) groups excluding carboxylic acids is 1. The second-order valence-electron chi connectivity index (χ2n) is 4.34. The third-order valence-corrected chi connectivity index (χ3v) is 3.22. The molecule has 3 aromatic rings. The van der Waals surface area contributed by atoms with Crippen LogP contribution in [0.4, 0.5) is 0 Å². The fourth-order valence-corrected chi connectivity index (χ4v) is 2.15. The number of Topliss-reactive ketones (excluding diaryl/α,β-unsaturated/α-hetero) is 1. The summed E-state index contributed by atoms with van der Waals surface area (Å²) in [6.07, 6.45) is 0. The summed E-state index contributed by atoms with van der Waals surface area (Å²) in [7, 11) is 0. The summed E-state index contributed by atoms with van der Waals surface area (Å²) in [5.74, 6) is 0.550. The molecule has 2 heterocycles. The number of hydrogen-bond acceptors (Lipinski definition) is 4. The summed E-state index contributed by atoms with van der Waals surface area (Å²) in [5, 5.41) is 2.55. The minimum atomic E-state index is -0.263. The fourth-order valence-electron chi connectivity index (χ4n) is 1.92. The molecule has 2 aromatic heterocycles. The molecule has 3 rings (SSSR count). The molecule has 100 valence electrons. The van der Waals surface area contributed by atoms with Gasteiger partial charge in [0.1, 0.15) is 5.82 Å². The van der Waals surface area contributed by atoms with Crippen LogP contribution in [-0.2, 0) is 0 Å². The van der Waals surface area contributed by atoms with Crippen LogP contribution in [0.25, 0.3) is 17.0 Å². The van der Waals surface area contributed by atoms with Crippen LogP contribution in [0.15, 0.2) is 35.1 Å². The second kappa shape index (κ2) is 4.53. The average Bonchev–Trinajstić information content (AvgIpc) is 2.80. The summed E-state index contributed by atoms with van der Waals surface area (Å²) >= 11 is 5.17. The maximum absolute atomic E-state index is 11.3. The van der Waals surface area contributed by atoms with E-state index >= 15 is 0 Å². The minimum absolute atomic E-state index is 0.00471. The number of nitrogens with one attached hydrogen (secondary N) is 2. The number of aromatic nitrogens is 4. The van der Waals surface area contributed by atoms with Gasteiger partial charge in [0.15, 0.2) is 16.2 Å². The third-order valence-electron chi connectivity index (χ3n) is 2.93. The zero-order valence-corrected chi connectivity index (χ0v) is 11.3. The van der Waals surface area contributed by atoms with Crippen molar-refractivity contribution in [3.63, 3.8) is 0 Å². The quantitative estimate of drug-likeness (QED) is 0.557. The average molecular weight is 286 g/mol. The Kier molecular flexibility index (Phi) is 2.83. The van der Waals surface area contributed by atoms with Crippen molar-refractivity contribution in [1.29, 1.82) is 0 Å². The smallest absolute Gasteiger partial charge is 0.266 e. The molecule has 0 saturated heterocycles. The van der Waals surface area contributed by atoms with E-state index in [1.54, 1.807) is 24.3 Å². The first-order chi connectivity index (χ1) is 9.54. The maximum Gasteiger partial charge on any atom is 0.266 e. The summed E-state index contributed by atoms with van der Waals surface area (Å²) in [6.45, 7) is 1.51. The summed E-state index contributed by atoms with van der Waals surface area (Å²) < 4.78 is 1.76. The van der Waals surface area contributed by atoms with Crippen LogP contribution >= 0.6 is 12.2 Å². The number of H-pyrrole nitrogens is 2. The van der Waals surface area contributed by atoms with Crippen molar-refractivity contribution in [2.24, 2.45) is 0 Å². The largest absolute Gasteiger partial charge is 0.315 e. The predicted molar refractivity (Wildman–Crippen MR) is 76.4 cm³/mol. The van der Waals surface area contributed by atoms with Crippen LogP contribution in [0.3, 0.4) is 0 Å². The van der Waals surface area contributed by atoms with Crippen molar-refractivity contribution in [3.05, 3.63) is 51.0 Å². The van der Waals surface area contributed by atoms with Crippen LogP contribution in [0.2, 0.25) is 0 Å². The second-order valence-corrected chi connectivity index (χ2v) is 4.72. The molecule has 1 aromatic carbocycles. The molecule has 0 radical (unpaired) electrons. The lowest BCUT2D eigenvalue weighted by Crippen LogP contribution is -2.02. The van der Waals surface area contributed by atoms with E-state index in [0.717, 1.165) is 5.56 Å². The highest BCUT2D eigenvalue weighted by molar-refractivity contribution is 7.71. The molecule has 0 saturated carbocycles. The number of fused-ring (bicyclic) bond motifs is 1.